The minimum absolute atomic E-state index is 0. The van der Waals surface area contributed by atoms with Crippen molar-refractivity contribution in [3.63, 3.8) is 0 Å². The molecule has 2 fully saturated rings. The molecule has 0 radical (unpaired) electrons. The number of aromatic nitrogens is 1. The molecule has 1 aromatic carbocycles. The summed E-state index contributed by atoms with van der Waals surface area (Å²) in [6.45, 7) is 1.64. The van der Waals surface area contributed by atoms with E-state index in [2.05, 4.69) is 44.9 Å². The number of fused-ring (bicyclic) bond motifs is 6. The summed E-state index contributed by atoms with van der Waals surface area (Å²) in [4.78, 5) is 35.7. The number of carbonyl (C=O) groups excluding carboxylic acids is 2. The first kappa shape index (κ1) is 22.7. The summed E-state index contributed by atoms with van der Waals surface area (Å²) >= 11 is 0. The maximum atomic E-state index is 12.7. The number of hydrogen-bond acceptors (Lipinski definition) is 4. The van der Waals surface area contributed by atoms with Gasteiger partial charge >= 0.3 is 0 Å². The molecule has 168 valence electrons. The van der Waals surface area contributed by atoms with Gasteiger partial charge in [-0.15, -0.1) is 24.0 Å². The van der Waals surface area contributed by atoms with Crippen molar-refractivity contribution in [1.29, 1.82) is 0 Å². The molecule has 2 aliphatic carbocycles. The predicted molar refractivity (Wildman–Crippen MR) is 134 cm³/mol. The molecule has 2 amide bonds. The van der Waals surface area contributed by atoms with Gasteiger partial charge in [-0.05, 0) is 36.1 Å². The van der Waals surface area contributed by atoms with Crippen LogP contribution in [0.2, 0.25) is 0 Å². The molecule has 2 heterocycles. The maximum Gasteiger partial charge on any atom is 0.233 e. The van der Waals surface area contributed by atoms with Crippen molar-refractivity contribution < 1.29 is 9.59 Å². The number of likely N-dealkylation sites (tertiary alicyclic amines) is 1. The van der Waals surface area contributed by atoms with Crippen molar-refractivity contribution in [3.8, 4) is 0 Å². The van der Waals surface area contributed by atoms with E-state index in [9.17, 15) is 9.59 Å². The van der Waals surface area contributed by atoms with E-state index >= 15 is 0 Å². The largest absolute Gasteiger partial charge is 0.356 e. The molecule has 3 aliphatic rings. The molecule has 2 bridgehead atoms. The molecular formula is C24H28IN5O2. The SMILES string of the molecule is CN=C(NCCCN1C(=O)C2C3C=CC(C3)C2C1=O)NCc1nccc2ccccc12.I. The molecule has 5 rings (SSSR count). The average Bonchev–Trinajstić information content (AvgIpc) is 3.48. The highest BCUT2D eigenvalue weighted by Crippen LogP contribution is 2.52. The number of imide groups is 1. The van der Waals surface area contributed by atoms with E-state index in [1.54, 1.807) is 7.05 Å². The number of allylic oxidation sites excluding steroid dienone is 2. The van der Waals surface area contributed by atoms with Crippen LogP contribution in [0.25, 0.3) is 10.8 Å². The minimum atomic E-state index is -0.113. The summed E-state index contributed by atoms with van der Waals surface area (Å²) in [5.74, 6) is 1.03. The van der Waals surface area contributed by atoms with Crippen LogP contribution in [0.1, 0.15) is 18.5 Å². The number of rotatable bonds is 6. The quantitative estimate of drug-likeness (QED) is 0.146. The molecule has 7 nitrogen and oxygen atoms in total. The van der Waals surface area contributed by atoms with Crippen LogP contribution >= 0.6 is 24.0 Å². The predicted octanol–water partition coefficient (Wildman–Crippen LogP) is 2.72. The van der Waals surface area contributed by atoms with Gasteiger partial charge in [0, 0.05) is 31.7 Å². The zero-order valence-corrected chi connectivity index (χ0v) is 20.4. The van der Waals surface area contributed by atoms with Crippen molar-refractivity contribution >= 4 is 52.5 Å². The van der Waals surface area contributed by atoms with Crippen LogP contribution in [0.5, 0.6) is 0 Å². The van der Waals surface area contributed by atoms with E-state index in [0.717, 1.165) is 22.9 Å². The van der Waals surface area contributed by atoms with Crippen LogP contribution in [0, 0.1) is 23.7 Å². The Morgan fingerprint density at radius 3 is 2.53 bits per heavy atom. The second-order valence-electron chi connectivity index (χ2n) is 8.51. The first-order chi connectivity index (χ1) is 15.2. The van der Waals surface area contributed by atoms with Gasteiger partial charge < -0.3 is 10.6 Å². The van der Waals surface area contributed by atoms with E-state index in [1.807, 2.05) is 24.4 Å². The molecule has 2 N–H and O–H groups in total. The van der Waals surface area contributed by atoms with Crippen LogP contribution in [0.3, 0.4) is 0 Å². The molecule has 4 atom stereocenters. The Morgan fingerprint density at radius 1 is 1.09 bits per heavy atom. The third-order valence-corrected chi connectivity index (χ3v) is 6.82. The first-order valence-electron chi connectivity index (χ1n) is 11.0. The van der Waals surface area contributed by atoms with Crippen LogP contribution < -0.4 is 10.6 Å². The molecule has 1 aromatic heterocycles. The van der Waals surface area contributed by atoms with E-state index in [0.29, 0.717) is 32.0 Å². The van der Waals surface area contributed by atoms with Gasteiger partial charge in [-0.25, -0.2) is 0 Å². The van der Waals surface area contributed by atoms with E-state index in [1.165, 1.54) is 4.90 Å². The van der Waals surface area contributed by atoms with Crippen LogP contribution in [0.15, 0.2) is 53.7 Å². The lowest BCUT2D eigenvalue weighted by atomic mass is 9.85. The van der Waals surface area contributed by atoms with Crippen LogP contribution in [0.4, 0.5) is 0 Å². The van der Waals surface area contributed by atoms with Crippen molar-refractivity contribution in [2.24, 2.45) is 28.7 Å². The summed E-state index contributed by atoms with van der Waals surface area (Å²) in [5.41, 5.74) is 0.962. The standard InChI is InChI=1S/C24H27N5O2.HI/c1-25-24(28-14-19-18-6-3-2-5-15(18)9-11-26-19)27-10-4-12-29-22(30)20-16-7-8-17(13-16)21(20)23(29)31;/h2-3,5-9,11,16-17,20-21H,4,10,12-14H2,1H3,(H2,25,27,28);1H. The monoisotopic (exact) mass is 545 g/mol. The van der Waals surface area contributed by atoms with Gasteiger partial charge in [0.05, 0.1) is 24.1 Å². The number of amides is 2. The number of aliphatic imine (C=N–C) groups is 1. The van der Waals surface area contributed by atoms with Crippen LogP contribution in [-0.2, 0) is 16.1 Å². The van der Waals surface area contributed by atoms with E-state index in [4.69, 9.17) is 0 Å². The van der Waals surface area contributed by atoms with Gasteiger partial charge in [0.15, 0.2) is 5.96 Å². The second-order valence-corrected chi connectivity index (χ2v) is 8.51. The van der Waals surface area contributed by atoms with Gasteiger partial charge in [-0.2, -0.15) is 0 Å². The normalized spacial score (nSPS) is 25.9. The number of nitrogens with zero attached hydrogens (tertiary/aromatic N) is 3. The van der Waals surface area contributed by atoms with E-state index in [-0.39, 0.29) is 59.5 Å². The smallest absolute Gasteiger partial charge is 0.233 e. The number of guanidine groups is 1. The number of nitrogens with one attached hydrogen (secondary N) is 2. The molecule has 4 unspecified atom stereocenters. The molecule has 8 heteroatoms. The van der Waals surface area contributed by atoms with Crippen molar-refractivity contribution in [3.05, 3.63) is 54.4 Å². The van der Waals surface area contributed by atoms with Crippen LogP contribution in [-0.4, -0.2) is 47.8 Å². The zero-order valence-electron chi connectivity index (χ0n) is 18.0. The van der Waals surface area contributed by atoms with Gasteiger partial charge in [0.1, 0.15) is 0 Å². The highest BCUT2D eigenvalue weighted by molar-refractivity contribution is 14.0. The summed E-state index contributed by atoms with van der Waals surface area (Å²) in [6.07, 6.45) is 7.73. The Hall–Kier alpha value is -2.49. The zero-order chi connectivity index (χ0) is 21.4. The molecule has 1 saturated heterocycles. The highest BCUT2D eigenvalue weighted by atomic mass is 127. The summed E-state index contributed by atoms with van der Waals surface area (Å²) < 4.78 is 0. The fourth-order valence-electron chi connectivity index (χ4n) is 5.34. The second kappa shape index (κ2) is 9.56. The number of benzene rings is 1. The van der Waals surface area contributed by atoms with Gasteiger partial charge in [0.2, 0.25) is 11.8 Å². The molecule has 1 aliphatic heterocycles. The average molecular weight is 545 g/mol. The topological polar surface area (TPSA) is 86.7 Å². The Balaban J connectivity index is 0.00000245. The fraction of sp³-hybridized carbons (Fsp3) is 0.417. The summed E-state index contributed by atoms with van der Waals surface area (Å²) in [6, 6.07) is 10.2. The molecule has 2 aromatic rings. The lowest BCUT2D eigenvalue weighted by molar-refractivity contribution is -0.140. The fourth-order valence-corrected chi connectivity index (χ4v) is 5.34. The third-order valence-electron chi connectivity index (χ3n) is 6.82. The Morgan fingerprint density at radius 2 is 1.81 bits per heavy atom. The molecular weight excluding hydrogens is 517 g/mol. The molecule has 32 heavy (non-hydrogen) atoms. The van der Waals surface area contributed by atoms with Gasteiger partial charge in [0.25, 0.3) is 0 Å². The molecule has 1 saturated carbocycles. The Kier molecular flexibility index (Phi) is 6.78. The first-order valence-corrected chi connectivity index (χ1v) is 11.0. The number of pyridine rings is 1. The van der Waals surface area contributed by atoms with E-state index < -0.39 is 0 Å². The number of halogens is 1. The Labute approximate surface area is 204 Å². The van der Waals surface area contributed by atoms with Gasteiger partial charge in [-0.1, -0.05) is 36.4 Å². The maximum absolute atomic E-state index is 12.7. The number of hydrogen-bond donors (Lipinski definition) is 2. The lowest BCUT2D eigenvalue weighted by Crippen LogP contribution is -2.39. The van der Waals surface area contributed by atoms with Crippen molar-refractivity contribution in [2.45, 2.75) is 19.4 Å². The Bertz CT molecular complexity index is 1050. The summed E-state index contributed by atoms with van der Waals surface area (Å²) in [5, 5.41) is 8.84. The van der Waals surface area contributed by atoms with Crippen molar-refractivity contribution in [2.75, 3.05) is 20.1 Å². The summed E-state index contributed by atoms with van der Waals surface area (Å²) in [7, 11) is 1.73. The van der Waals surface area contributed by atoms with Gasteiger partial charge in [-0.3, -0.25) is 24.5 Å². The third kappa shape index (κ3) is 4.00. The number of carbonyl (C=O) groups is 2. The lowest BCUT2D eigenvalue weighted by Gasteiger charge is -2.18. The minimum Gasteiger partial charge on any atom is -0.356 e. The highest BCUT2D eigenvalue weighted by Gasteiger charge is 2.58. The molecule has 0 spiro atoms. The van der Waals surface area contributed by atoms with Crippen molar-refractivity contribution in [1.82, 2.24) is 20.5 Å².